The molecular weight excluding hydrogens is 352 g/mol. The van der Waals surface area contributed by atoms with Gasteiger partial charge in [-0.3, -0.25) is 0 Å². The van der Waals surface area contributed by atoms with Crippen LogP contribution in [0.4, 0.5) is 5.69 Å². The molecule has 4 rings (SSSR count). The standard InChI is InChI=1S/C19H25ClN4O2/c1-25-17-11-15(21)14(20)10-13(17)19-22-18(26-23-19)6-2-4-12-7-9-24-8-3-5-16(12)24/h10-12,16H,2-9,21H2,1H3. The zero-order valence-corrected chi connectivity index (χ0v) is 15.8. The van der Waals surface area contributed by atoms with E-state index in [1.807, 2.05) is 0 Å². The highest BCUT2D eigenvalue weighted by Crippen LogP contribution is 2.36. The fraction of sp³-hybridized carbons (Fsp3) is 0.579. The molecule has 1 aromatic carbocycles. The number of hydrogen-bond acceptors (Lipinski definition) is 6. The van der Waals surface area contributed by atoms with Crippen molar-refractivity contribution in [2.24, 2.45) is 5.92 Å². The quantitative estimate of drug-likeness (QED) is 0.773. The maximum Gasteiger partial charge on any atom is 0.226 e. The van der Waals surface area contributed by atoms with Crippen molar-refractivity contribution in [2.75, 3.05) is 25.9 Å². The zero-order valence-electron chi connectivity index (χ0n) is 15.1. The van der Waals surface area contributed by atoms with Crippen molar-refractivity contribution in [2.45, 2.75) is 44.6 Å². The Morgan fingerprint density at radius 3 is 3.08 bits per heavy atom. The lowest BCUT2D eigenvalue weighted by Gasteiger charge is -2.19. The van der Waals surface area contributed by atoms with Gasteiger partial charge in [-0.1, -0.05) is 16.8 Å². The van der Waals surface area contributed by atoms with Crippen LogP contribution in [0, 0.1) is 5.92 Å². The van der Waals surface area contributed by atoms with Crippen molar-refractivity contribution in [3.8, 4) is 17.1 Å². The fourth-order valence-electron chi connectivity index (χ4n) is 4.42. The van der Waals surface area contributed by atoms with Crippen molar-refractivity contribution < 1.29 is 9.26 Å². The summed E-state index contributed by atoms with van der Waals surface area (Å²) in [6.45, 7) is 2.57. The van der Waals surface area contributed by atoms with Gasteiger partial charge in [0.05, 0.1) is 23.4 Å². The van der Waals surface area contributed by atoms with Gasteiger partial charge in [0.1, 0.15) is 5.75 Å². The van der Waals surface area contributed by atoms with Crippen LogP contribution in [0.2, 0.25) is 5.02 Å². The van der Waals surface area contributed by atoms with E-state index in [1.165, 1.54) is 38.8 Å². The molecule has 3 heterocycles. The molecule has 2 aliphatic rings. The molecule has 140 valence electrons. The maximum absolute atomic E-state index is 6.13. The lowest BCUT2D eigenvalue weighted by Crippen LogP contribution is -2.25. The van der Waals surface area contributed by atoms with Gasteiger partial charge in [0, 0.05) is 18.5 Å². The molecule has 2 atom stereocenters. The van der Waals surface area contributed by atoms with Crippen LogP contribution in [0.5, 0.6) is 5.75 Å². The summed E-state index contributed by atoms with van der Waals surface area (Å²) < 4.78 is 10.8. The molecule has 2 fully saturated rings. The van der Waals surface area contributed by atoms with Crippen LogP contribution in [0.15, 0.2) is 16.7 Å². The first-order chi connectivity index (χ1) is 12.7. The number of nitrogens with two attached hydrogens (primary N) is 1. The molecule has 1 aromatic heterocycles. The number of hydrogen-bond donors (Lipinski definition) is 1. The molecule has 2 unspecified atom stereocenters. The predicted molar refractivity (Wildman–Crippen MR) is 101 cm³/mol. The molecule has 2 aromatic rings. The molecule has 0 spiro atoms. The molecule has 2 saturated heterocycles. The van der Waals surface area contributed by atoms with Crippen LogP contribution < -0.4 is 10.5 Å². The first kappa shape index (κ1) is 17.6. The number of ether oxygens (including phenoxy) is 1. The van der Waals surface area contributed by atoms with Crippen molar-refractivity contribution in [3.63, 3.8) is 0 Å². The van der Waals surface area contributed by atoms with E-state index in [9.17, 15) is 0 Å². The maximum atomic E-state index is 6.13. The van der Waals surface area contributed by atoms with Gasteiger partial charge in [0.15, 0.2) is 0 Å². The summed E-state index contributed by atoms with van der Waals surface area (Å²) in [7, 11) is 1.58. The molecule has 7 heteroatoms. The number of aryl methyl sites for hydroxylation is 1. The number of aromatic nitrogens is 2. The van der Waals surface area contributed by atoms with Crippen molar-refractivity contribution in [1.82, 2.24) is 15.0 Å². The third-order valence-corrected chi connectivity index (χ3v) is 6.07. The predicted octanol–water partition coefficient (Wildman–Crippen LogP) is 3.79. The summed E-state index contributed by atoms with van der Waals surface area (Å²) >= 11 is 6.13. The van der Waals surface area contributed by atoms with Crippen LogP contribution >= 0.6 is 11.6 Å². The number of nitrogen functional groups attached to an aromatic ring is 1. The van der Waals surface area contributed by atoms with E-state index < -0.39 is 0 Å². The summed E-state index contributed by atoms with van der Waals surface area (Å²) in [5, 5.41) is 4.55. The highest BCUT2D eigenvalue weighted by atomic mass is 35.5. The number of nitrogens with zero attached hydrogens (tertiary/aromatic N) is 3. The molecule has 6 nitrogen and oxygen atoms in total. The molecule has 2 N–H and O–H groups in total. The number of rotatable bonds is 6. The zero-order chi connectivity index (χ0) is 18.1. The Kier molecular flexibility index (Phi) is 5.05. The van der Waals surface area contributed by atoms with Crippen LogP contribution in [0.1, 0.15) is 38.0 Å². The van der Waals surface area contributed by atoms with Gasteiger partial charge in [-0.2, -0.15) is 4.98 Å². The highest BCUT2D eigenvalue weighted by molar-refractivity contribution is 6.33. The number of benzene rings is 1. The molecule has 26 heavy (non-hydrogen) atoms. The molecule has 0 saturated carbocycles. The third kappa shape index (κ3) is 3.40. The Bertz CT molecular complexity index is 779. The van der Waals surface area contributed by atoms with Gasteiger partial charge in [-0.25, -0.2) is 0 Å². The minimum Gasteiger partial charge on any atom is -0.496 e. The van der Waals surface area contributed by atoms with Gasteiger partial charge in [0.25, 0.3) is 0 Å². The molecule has 0 radical (unpaired) electrons. The normalized spacial score (nSPS) is 22.7. The Hall–Kier alpha value is -1.79. The highest BCUT2D eigenvalue weighted by Gasteiger charge is 2.36. The minimum atomic E-state index is 0.453. The van der Waals surface area contributed by atoms with Gasteiger partial charge in [0.2, 0.25) is 11.7 Å². The molecule has 2 aliphatic heterocycles. The van der Waals surface area contributed by atoms with Crippen molar-refractivity contribution >= 4 is 17.3 Å². The average molecular weight is 377 g/mol. The van der Waals surface area contributed by atoms with Crippen molar-refractivity contribution in [1.29, 1.82) is 0 Å². The van der Waals surface area contributed by atoms with E-state index in [4.69, 9.17) is 26.6 Å². The van der Waals surface area contributed by atoms with E-state index in [0.29, 0.717) is 33.7 Å². The first-order valence-electron chi connectivity index (χ1n) is 9.35. The van der Waals surface area contributed by atoms with Crippen molar-refractivity contribution in [3.05, 3.63) is 23.0 Å². The summed E-state index contributed by atoms with van der Waals surface area (Å²) in [4.78, 5) is 7.18. The summed E-state index contributed by atoms with van der Waals surface area (Å²) in [6.07, 6.45) is 7.18. The lowest BCUT2D eigenvalue weighted by atomic mass is 9.93. The number of halogens is 1. The second kappa shape index (κ2) is 7.45. The Labute approximate surface area is 158 Å². The van der Waals surface area contributed by atoms with E-state index in [-0.39, 0.29) is 0 Å². The fourth-order valence-corrected chi connectivity index (χ4v) is 4.58. The topological polar surface area (TPSA) is 77.4 Å². The van der Waals surface area contributed by atoms with E-state index in [1.54, 1.807) is 19.2 Å². The molecule has 0 bridgehead atoms. The second-order valence-corrected chi connectivity index (χ2v) is 7.68. The largest absolute Gasteiger partial charge is 0.496 e. The minimum absolute atomic E-state index is 0.453. The summed E-state index contributed by atoms with van der Waals surface area (Å²) in [6, 6.07) is 4.22. The van der Waals surface area contributed by atoms with Crippen LogP contribution in [0.3, 0.4) is 0 Å². The third-order valence-electron chi connectivity index (χ3n) is 5.74. The van der Waals surface area contributed by atoms with E-state index in [0.717, 1.165) is 24.8 Å². The molecule has 0 aliphatic carbocycles. The number of methoxy groups -OCH3 is 1. The van der Waals surface area contributed by atoms with E-state index in [2.05, 4.69) is 15.0 Å². The van der Waals surface area contributed by atoms with Gasteiger partial charge in [-0.15, -0.1) is 0 Å². The molecule has 0 amide bonds. The van der Waals surface area contributed by atoms with Crippen LogP contribution in [0.25, 0.3) is 11.4 Å². The van der Waals surface area contributed by atoms with Gasteiger partial charge in [-0.05, 0) is 57.2 Å². The summed E-state index contributed by atoms with van der Waals surface area (Å²) in [5.74, 6) is 2.57. The Morgan fingerprint density at radius 2 is 2.23 bits per heavy atom. The van der Waals surface area contributed by atoms with Crippen LogP contribution in [-0.4, -0.2) is 41.3 Å². The second-order valence-electron chi connectivity index (χ2n) is 7.27. The van der Waals surface area contributed by atoms with Gasteiger partial charge < -0.3 is 19.9 Å². The van der Waals surface area contributed by atoms with E-state index >= 15 is 0 Å². The summed E-state index contributed by atoms with van der Waals surface area (Å²) in [5.41, 5.74) is 6.99. The van der Waals surface area contributed by atoms with Crippen LogP contribution in [-0.2, 0) is 6.42 Å². The average Bonchev–Trinajstić information content (AvgIpc) is 3.35. The Balaban J connectivity index is 1.38. The number of fused-ring (bicyclic) bond motifs is 1. The Morgan fingerprint density at radius 1 is 1.35 bits per heavy atom. The SMILES string of the molecule is COc1cc(N)c(Cl)cc1-c1noc(CCCC2CCN3CCCC23)n1. The first-order valence-corrected chi connectivity index (χ1v) is 9.73. The monoisotopic (exact) mass is 376 g/mol. The van der Waals surface area contributed by atoms with Gasteiger partial charge >= 0.3 is 0 Å². The molecular formula is C19H25ClN4O2. The number of anilines is 1. The smallest absolute Gasteiger partial charge is 0.226 e. The lowest BCUT2D eigenvalue weighted by molar-refractivity contribution is 0.279.